The fraction of sp³-hybridized carbons (Fsp3) is 0.316. The van der Waals surface area contributed by atoms with Gasteiger partial charge in [-0.05, 0) is 73.6 Å². The molecule has 0 bridgehead atoms. The lowest BCUT2D eigenvalue weighted by atomic mass is 9.81. The minimum atomic E-state index is 1.32. The Kier molecular flexibility index (Phi) is 3.80. The Morgan fingerprint density at radius 2 is 1.05 bits per heavy atom. The van der Waals surface area contributed by atoms with Crippen molar-refractivity contribution >= 4 is 0 Å². The normalized spacial score (nSPS) is 11.1. The average molecular weight is 251 g/mol. The van der Waals surface area contributed by atoms with Gasteiger partial charge in [-0.2, -0.15) is 0 Å². The van der Waals surface area contributed by atoms with E-state index < -0.39 is 0 Å². The lowest BCUT2D eigenvalue weighted by Gasteiger charge is -2.23. The predicted molar refractivity (Wildman–Crippen MR) is 83.7 cm³/mol. The van der Waals surface area contributed by atoms with Crippen molar-refractivity contribution in [1.29, 1.82) is 0 Å². The second-order valence-electron chi connectivity index (χ2n) is 5.49. The Balaban J connectivity index is 2.64. The highest BCUT2D eigenvalue weighted by molar-refractivity contribution is 5.58. The first-order valence-corrected chi connectivity index (χ1v) is 6.91. The molecule has 0 aromatic heterocycles. The Hall–Kier alpha value is -1.56. The molecule has 0 fully saturated rings. The fourth-order valence-electron chi connectivity index (χ4n) is 2.89. The molecule has 2 aromatic rings. The summed E-state index contributed by atoms with van der Waals surface area (Å²) in [4.78, 5) is 0. The summed E-state index contributed by atoms with van der Waals surface area (Å²) < 4.78 is 0. The molecular weight excluding hydrogens is 228 g/mol. The largest absolute Gasteiger partial charge is 0.0622 e. The van der Waals surface area contributed by atoms with E-state index in [0.717, 1.165) is 0 Å². The highest BCUT2D eigenvalue weighted by Gasteiger charge is 2.18. The van der Waals surface area contributed by atoms with Gasteiger partial charge in [-0.3, -0.25) is 0 Å². The summed E-state index contributed by atoms with van der Waals surface area (Å²) in [5.41, 5.74) is 9.86. The number of benzene rings is 2. The van der Waals surface area contributed by atoms with E-state index in [2.05, 4.69) is 71.9 Å². The maximum absolute atomic E-state index is 2.25. The molecule has 1 radical (unpaired) electrons. The van der Waals surface area contributed by atoms with Crippen LogP contribution in [0.1, 0.15) is 45.9 Å². The molecular formula is C19H23. The molecule has 0 aliphatic heterocycles. The Labute approximate surface area is 117 Å². The van der Waals surface area contributed by atoms with E-state index in [1.807, 2.05) is 0 Å². The van der Waals surface area contributed by atoms with Crippen LogP contribution < -0.4 is 0 Å². The summed E-state index contributed by atoms with van der Waals surface area (Å²) in [6, 6.07) is 10.7. The van der Waals surface area contributed by atoms with Gasteiger partial charge >= 0.3 is 0 Å². The molecule has 0 amide bonds. The molecule has 0 saturated carbocycles. The average Bonchev–Trinajstić information content (AvgIpc) is 2.44. The molecule has 0 nitrogen and oxygen atoms in total. The summed E-state index contributed by atoms with van der Waals surface area (Å²) >= 11 is 0. The van der Waals surface area contributed by atoms with Crippen molar-refractivity contribution < 1.29 is 0 Å². The van der Waals surface area contributed by atoms with Gasteiger partial charge < -0.3 is 0 Å². The first kappa shape index (κ1) is 13.9. The molecule has 0 N–H and O–H groups in total. The van der Waals surface area contributed by atoms with Crippen LogP contribution in [0.5, 0.6) is 0 Å². The number of hydrogen-bond donors (Lipinski definition) is 0. The van der Waals surface area contributed by atoms with Crippen LogP contribution in [-0.4, -0.2) is 0 Å². The molecule has 0 heteroatoms. The summed E-state index contributed by atoms with van der Waals surface area (Å²) in [5, 5.41) is 0. The van der Waals surface area contributed by atoms with Crippen molar-refractivity contribution in [3.8, 4) is 0 Å². The van der Waals surface area contributed by atoms with E-state index in [1.165, 1.54) is 44.9 Å². The number of hydrogen-bond acceptors (Lipinski definition) is 0. The third kappa shape index (κ3) is 2.32. The smallest absolute Gasteiger partial charge is 0.0314 e. The molecule has 0 spiro atoms. The molecule has 19 heavy (non-hydrogen) atoms. The quantitative estimate of drug-likeness (QED) is 0.686. The molecule has 0 atom stereocenters. The predicted octanol–water partition coefficient (Wildman–Crippen LogP) is 5.22. The van der Waals surface area contributed by atoms with Crippen molar-refractivity contribution in [2.45, 2.75) is 41.5 Å². The van der Waals surface area contributed by atoms with Crippen LogP contribution in [0.2, 0.25) is 0 Å². The molecule has 2 aromatic carbocycles. The van der Waals surface area contributed by atoms with E-state index in [-0.39, 0.29) is 0 Å². The lowest BCUT2D eigenvalue weighted by molar-refractivity contribution is 1.07. The van der Waals surface area contributed by atoms with Crippen LogP contribution in [-0.2, 0) is 0 Å². The first-order chi connectivity index (χ1) is 8.95. The molecule has 0 heterocycles. The van der Waals surface area contributed by atoms with Crippen LogP contribution in [0.3, 0.4) is 0 Å². The molecule has 2 rings (SSSR count). The molecule has 0 unspecified atom stereocenters. The zero-order valence-corrected chi connectivity index (χ0v) is 12.9. The maximum Gasteiger partial charge on any atom is 0.0314 e. The van der Waals surface area contributed by atoms with Crippen LogP contribution in [0.25, 0.3) is 0 Å². The monoisotopic (exact) mass is 251 g/mol. The zero-order chi connectivity index (χ0) is 14.2. The summed E-state index contributed by atoms with van der Waals surface area (Å²) in [6.45, 7) is 13.4. The third-order valence-electron chi connectivity index (χ3n) is 4.58. The van der Waals surface area contributed by atoms with Crippen molar-refractivity contribution in [3.05, 3.63) is 75.2 Å². The van der Waals surface area contributed by atoms with Crippen molar-refractivity contribution in [3.63, 3.8) is 0 Å². The Bertz CT molecular complexity index is 562. The summed E-state index contributed by atoms with van der Waals surface area (Å²) in [5.74, 6) is 1.38. The van der Waals surface area contributed by atoms with E-state index in [4.69, 9.17) is 0 Å². The van der Waals surface area contributed by atoms with Gasteiger partial charge in [0.2, 0.25) is 0 Å². The van der Waals surface area contributed by atoms with E-state index in [0.29, 0.717) is 0 Å². The highest BCUT2D eigenvalue weighted by atomic mass is 14.2. The SMILES string of the molecule is C[C](c1ccccc1)c1c(C)c(C)c(C)c(C)c1C. The van der Waals surface area contributed by atoms with Crippen molar-refractivity contribution in [1.82, 2.24) is 0 Å². The van der Waals surface area contributed by atoms with Gasteiger partial charge in [0, 0.05) is 5.92 Å². The van der Waals surface area contributed by atoms with Gasteiger partial charge in [-0.25, -0.2) is 0 Å². The Morgan fingerprint density at radius 3 is 1.53 bits per heavy atom. The second kappa shape index (κ2) is 5.21. The standard InChI is InChI=1S/C19H23/c1-12-13(2)15(4)19(16(5)14(12)3)17(6)18-10-8-7-9-11-18/h7-11H,1-6H3. The summed E-state index contributed by atoms with van der Waals surface area (Å²) in [6.07, 6.45) is 0. The van der Waals surface area contributed by atoms with Crippen LogP contribution in [0, 0.1) is 40.5 Å². The maximum atomic E-state index is 2.25. The van der Waals surface area contributed by atoms with Gasteiger partial charge in [-0.1, -0.05) is 37.3 Å². The summed E-state index contributed by atoms with van der Waals surface area (Å²) in [7, 11) is 0. The minimum absolute atomic E-state index is 1.32. The molecule has 0 aliphatic carbocycles. The van der Waals surface area contributed by atoms with Gasteiger partial charge in [-0.15, -0.1) is 0 Å². The van der Waals surface area contributed by atoms with Gasteiger partial charge in [0.1, 0.15) is 0 Å². The number of rotatable bonds is 2. The van der Waals surface area contributed by atoms with Crippen LogP contribution in [0.4, 0.5) is 0 Å². The molecule has 99 valence electrons. The van der Waals surface area contributed by atoms with Gasteiger partial charge in [0.15, 0.2) is 0 Å². The van der Waals surface area contributed by atoms with Crippen LogP contribution >= 0.6 is 0 Å². The van der Waals surface area contributed by atoms with E-state index >= 15 is 0 Å². The van der Waals surface area contributed by atoms with E-state index in [9.17, 15) is 0 Å². The first-order valence-electron chi connectivity index (χ1n) is 6.91. The lowest BCUT2D eigenvalue weighted by Crippen LogP contribution is -2.07. The van der Waals surface area contributed by atoms with Crippen LogP contribution in [0.15, 0.2) is 30.3 Å². The Morgan fingerprint density at radius 1 is 0.632 bits per heavy atom. The van der Waals surface area contributed by atoms with Crippen molar-refractivity contribution in [2.75, 3.05) is 0 Å². The second-order valence-corrected chi connectivity index (χ2v) is 5.49. The minimum Gasteiger partial charge on any atom is -0.0622 e. The van der Waals surface area contributed by atoms with Gasteiger partial charge in [0.25, 0.3) is 0 Å². The van der Waals surface area contributed by atoms with E-state index in [1.54, 1.807) is 0 Å². The third-order valence-corrected chi connectivity index (χ3v) is 4.58. The zero-order valence-electron chi connectivity index (χ0n) is 12.9. The fourth-order valence-corrected chi connectivity index (χ4v) is 2.89. The van der Waals surface area contributed by atoms with Crippen molar-refractivity contribution in [2.24, 2.45) is 0 Å². The molecule has 0 aliphatic rings. The van der Waals surface area contributed by atoms with Gasteiger partial charge in [0.05, 0.1) is 0 Å². The topological polar surface area (TPSA) is 0 Å². The molecule has 0 saturated heterocycles. The highest BCUT2D eigenvalue weighted by Crippen LogP contribution is 2.33.